The van der Waals surface area contributed by atoms with Crippen molar-refractivity contribution in [2.75, 3.05) is 12.3 Å². The van der Waals surface area contributed by atoms with Gasteiger partial charge < -0.3 is 21.3 Å². The van der Waals surface area contributed by atoms with Crippen LogP contribution in [0.25, 0.3) is 11.3 Å². The van der Waals surface area contributed by atoms with Gasteiger partial charge in [-0.3, -0.25) is 4.79 Å². The number of fused-ring (bicyclic) bond motifs is 1. The molecule has 0 aliphatic heterocycles. The summed E-state index contributed by atoms with van der Waals surface area (Å²) < 4.78 is 50.5. The molecule has 1 aromatic carbocycles. The van der Waals surface area contributed by atoms with Crippen molar-refractivity contribution in [1.29, 1.82) is 5.26 Å². The molecule has 1 aromatic heterocycles. The van der Waals surface area contributed by atoms with Crippen LogP contribution in [0.4, 0.5) is 14.6 Å². The number of carbonyl (C=O) groups is 1. The number of halogens is 2. The second-order valence-corrected chi connectivity index (χ2v) is 8.61. The van der Waals surface area contributed by atoms with Gasteiger partial charge in [0.05, 0.1) is 30.0 Å². The minimum absolute atomic E-state index is 0.143. The summed E-state index contributed by atoms with van der Waals surface area (Å²) in [6, 6.07) is 5.29. The van der Waals surface area contributed by atoms with Crippen LogP contribution in [0.1, 0.15) is 51.4 Å². The first kappa shape index (κ1) is 18.4. The number of carbonyl (C=O) groups excluding carboxylic acids is 1. The summed E-state index contributed by atoms with van der Waals surface area (Å²) in [5.41, 5.74) is 0.616. The highest BCUT2D eigenvalue weighted by Crippen LogP contribution is 2.61. The number of nitriles is 1. The number of nitrogen functional groups attached to an aromatic ring is 1. The van der Waals surface area contributed by atoms with E-state index in [4.69, 9.17) is 9.85 Å². The van der Waals surface area contributed by atoms with E-state index in [1.54, 1.807) is 0 Å². The highest BCUT2D eigenvalue weighted by Gasteiger charge is 2.62. The molecule has 8 nitrogen and oxygen atoms in total. The molecule has 3 aliphatic rings. The van der Waals surface area contributed by atoms with Crippen molar-refractivity contribution in [3.05, 3.63) is 41.2 Å². The Bertz CT molecular complexity index is 1230. The molecule has 3 aliphatic carbocycles. The summed E-state index contributed by atoms with van der Waals surface area (Å²) in [7, 11) is 0. The molecular weight excluding hydrogens is 420 g/mol. The molecule has 1 heterocycles. The molecule has 2 bridgehead atoms. The van der Waals surface area contributed by atoms with Crippen LogP contribution in [0.3, 0.4) is 0 Å². The number of amides is 1. The number of hydrogen-bond acceptors (Lipinski definition) is 7. The van der Waals surface area contributed by atoms with Gasteiger partial charge in [-0.25, -0.2) is 18.7 Å². The molecule has 0 radical (unpaired) electrons. The minimum Gasteiger partial charge on any atom is -0.393 e. The Morgan fingerprint density at radius 1 is 1.47 bits per heavy atom. The van der Waals surface area contributed by atoms with Crippen LogP contribution in [-0.2, 0) is 5.60 Å². The highest BCUT2D eigenvalue weighted by molar-refractivity contribution is 5.97. The first-order chi connectivity index (χ1) is 16.3. The van der Waals surface area contributed by atoms with Gasteiger partial charge in [-0.1, -0.05) is 12.1 Å². The zero-order valence-corrected chi connectivity index (χ0v) is 16.9. The second-order valence-electron chi connectivity index (χ2n) is 8.61. The van der Waals surface area contributed by atoms with Crippen molar-refractivity contribution in [2.45, 2.75) is 50.1 Å². The standard InChI is InChI=1S/C22H23F2N5O3/c1-12-2-3-13(22(32,11-30)19(23)24)6-14(12)15-7-27-17(26)16(28-15)18(31)29-21-5-4-20(8-21,9-21)10-25/h2-3,6-7,19,30,32H,4-5,8-9,11H2,1H3,(H2,26,27)(H,29,31)/i1D3. The zero-order valence-electron chi connectivity index (χ0n) is 19.9. The van der Waals surface area contributed by atoms with E-state index >= 15 is 0 Å². The summed E-state index contributed by atoms with van der Waals surface area (Å²) in [4.78, 5) is 21.1. The van der Waals surface area contributed by atoms with E-state index in [0.717, 1.165) is 24.4 Å². The van der Waals surface area contributed by atoms with Crippen molar-refractivity contribution in [1.82, 2.24) is 15.3 Å². The minimum atomic E-state index is -3.37. The maximum Gasteiger partial charge on any atom is 0.274 e. The number of aliphatic hydroxyl groups excluding tert-OH is 1. The number of aliphatic hydroxyl groups is 2. The SMILES string of the molecule is [2H]C([2H])([2H])c1ccc(C(O)(CO)C(F)F)cc1-c1cnc(N)c(C(=O)NC23CCC(C#N)(C2)C3)n1. The number of aromatic nitrogens is 2. The first-order valence-corrected chi connectivity index (χ1v) is 9.91. The Kier molecular flexibility index (Phi) is 4.29. The fraction of sp³-hybridized carbons (Fsp3) is 0.455. The maximum atomic E-state index is 13.5. The third kappa shape index (κ3) is 3.38. The lowest BCUT2D eigenvalue weighted by Gasteiger charge is -2.43. The van der Waals surface area contributed by atoms with Crippen molar-refractivity contribution in [3.63, 3.8) is 0 Å². The van der Waals surface area contributed by atoms with Gasteiger partial charge in [0.1, 0.15) is 0 Å². The molecule has 0 saturated heterocycles. The van der Waals surface area contributed by atoms with Crippen LogP contribution < -0.4 is 11.1 Å². The smallest absolute Gasteiger partial charge is 0.274 e. The third-order valence-corrected chi connectivity index (χ3v) is 6.46. The number of hydrogen-bond donors (Lipinski definition) is 4. The van der Waals surface area contributed by atoms with Crippen LogP contribution in [-0.4, -0.2) is 44.7 Å². The van der Waals surface area contributed by atoms with Crippen LogP contribution in [0, 0.1) is 23.6 Å². The monoisotopic (exact) mass is 446 g/mol. The zero-order chi connectivity index (χ0) is 25.8. The van der Waals surface area contributed by atoms with Crippen molar-refractivity contribution >= 4 is 11.7 Å². The first-order valence-electron chi connectivity index (χ1n) is 11.4. The van der Waals surface area contributed by atoms with Gasteiger partial charge in [-0.05, 0) is 49.7 Å². The molecule has 2 aromatic rings. The number of anilines is 1. The van der Waals surface area contributed by atoms with Crippen LogP contribution in [0.5, 0.6) is 0 Å². The van der Waals surface area contributed by atoms with E-state index in [-0.39, 0.29) is 28.3 Å². The van der Waals surface area contributed by atoms with Crippen molar-refractivity contribution in [2.24, 2.45) is 5.41 Å². The Morgan fingerprint density at radius 2 is 2.22 bits per heavy atom. The quantitative estimate of drug-likeness (QED) is 0.531. The molecule has 0 spiro atoms. The summed E-state index contributed by atoms with van der Waals surface area (Å²) >= 11 is 0. The molecule has 1 unspecified atom stereocenters. The Labute approximate surface area is 187 Å². The maximum absolute atomic E-state index is 13.5. The van der Waals surface area contributed by atoms with E-state index in [1.807, 2.05) is 0 Å². The van der Waals surface area contributed by atoms with E-state index in [1.165, 1.54) is 0 Å². The van der Waals surface area contributed by atoms with Crippen molar-refractivity contribution < 1.29 is 27.9 Å². The van der Waals surface area contributed by atoms with E-state index < -0.39 is 47.9 Å². The van der Waals surface area contributed by atoms with E-state index in [2.05, 4.69) is 21.4 Å². The number of nitrogens with zero attached hydrogens (tertiary/aromatic N) is 3. The third-order valence-electron chi connectivity index (χ3n) is 6.46. The summed E-state index contributed by atoms with van der Waals surface area (Å²) in [5.74, 6) is -0.881. The lowest BCUT2D eigenvalue weighted by atomic mass is 9.66. The lowest BCUT2D eigenvalue weighted by Crippen LogP contribution is -2.55. The molecule has 3 saturated carbocycles. The molecule has 5 rings (SSSR count). The molecule has 5 N–H and O–H groups in total. The molecular formula is C22H23F2N5O3. The number of alkyl halides is 2. The van der Waals surface area contributed by atoms with Crippen LogP contribution in [0.2, 0.25) is 0 Å². The Balaban J connectivity index is 1.75. The van der Waals surface area contributed by atoms with Gasteiger partial charge in [0.15, 0.2) is 17.1 Å². The fourth-order valence-electron chi connectivity index (χ4n) is 4.67. The number of nitrogens with one attached hydrogen (secondary N) is 1. The summed E-state index contributed by atoms with van der Waals surface area (Å²) in [5, 5.41) is 31.9. The predicted octanol–water partition coefficient (Wildman–Crippen LogP) is 2.05. The van der Waals surface area contributed by atoms with E-state index in [9.17, 15) is 29.1 Å². The van der Waals surface area contributed by atoms with Gasteiger partial charge in [-0.15, -0.1) is 0 Å². The summed E-state index contributed by atoms with van der Waals surface area (Å²) in [6.45, 7) is -4.01. The van der Waals surface area contributed by atoms with Gasteiger partial charge in [-0.2, -0.15) is 5.26 Å². The topological polar surface area (TPSA) is 145 Å². The van der Waals surface area contributed by atoms with Gasteiger partial charge >= 0.3 is 0 Å². The Hall–Kier alpha value is -3.16. The number of benzene rings is 1. The number of aryl methyl sites for hydroxylation is 1. The molecule has 32 heavy (non-hydrogen) atoms. The molecule has 10 heteroatoms. The van der Waals surface area contributed by atoms with Crippen LogP contribution >= 0.6 is 0 Å². The van der Waals surface area contributed by atoms with Gasteiger partial charge in [0.2, 0.25) is 0 Å². The van der Waals surface area contributed by atoms with Crippen molar-refractivity contribution in [3.8, 4) is 17.3 Å². The Morgan fingerprint density at radius 3 is 2.81 bits per heavy atom. The fourth-order valence-corrected chi connectivity index (χ4v) is 4.67. The normalized spacial score (nSPS) is 27.4. The summed E-state index contributed by atoms with van der Waals surface area (Å²) in [6.07, 6.45) is 0.0299. The highest BCUT2D eigenvalue weighted by atomic mass is 19.3. The lowest BCUT2D eigenvalue weighted by molar-refractivity contribution is -0.129. The van der Waals surface area contributed by atoms with E-state index in [0.29, 0.717) is 25.7 Å². The van der Waals surface area contributed by atoms with Gasteiger partial charge in [0.25, 0.3) is 12.3 Å². The average molecular weight is 446 g/mol. The molecule has 1 amide bonds. The van der Waals surface area contributed by atoms with Crippen LogP contribution in [0.15, 0.2) is 24.4 Å². The van der Waals surface area contributed by atoms with Gasteiger partial charge in [0, 0.05) is 15.2 Å². The average Bonchev–Trinajstić information content (AvgIpc) is 3.33. The predicted molar refractivity (Wildman–Crippen MR) is 110 cm³/mol. The number of rotatable bonds is 6. The largest absolute Gasteiger partial charge is 0.393 e. The molecule has 1 atom stereocenters. The molecule has 168 valence electrons. The number of nitrogens with two attached hydrogens (primary N) is 1. The molecule has 3 fully saturated rings. The second kappa shape index (κ2) is 7.46.